The molecule has 2 atom stereocenters. The van der Waals surface area contributed by atoms with Gasteiger partial charge in [-0.3, -0.25) is 4.79 Å². The molecule has 2 N–H and O–H groups in total. The molecule has 1 aliphatic heterocycles. The molecular weight excluding hydrogens is 218 g/mol. The van der Waals surface area contributed by atoms with Gasteiger partial charge < -0.3 is 15.1 Å². The number of likely N-dealkylation sites (tertiary alicyclic amines) is 1. The van der Waals surface area contributed by atoms with Crippen LogP contribution in [0.2, 0.25) is 0 Å². The Bertz CT molecular complexity index is 419. The van der Waals surface area contributed by atoms with Gasteiger partial charge in [-0.05, 0) is 43.6 Å². The summed E-state index contributed by atoms with van der Waals surface area (Å²) >= 11 is 0. The number of rotatable bonds is 2. The van der Waals surface area contributed by atoms with E-state index in [1.54, 1.807) is 18.2 Å². The second-order valence-corrected chi connectivity index (χ2v) is 4.70. The van der Waals surface area contributed by atoms with Crippen molar-refractivity contribution in [2.24, 2.45) is 5.92 Å². The quantitative estimate of drug-likeness (QED) is 0.815. The summed E-state index contributed by atoms with van der Waals surface area (Å²) in [5.41, 5.74) is 0.922. The molecule has 4 heteroatoms. The van der Waals surface area contributed by atoms with Gasteiger partial charge in [-0.25, -0.2) is 0 Å². The highest BCUT2D eigenvalue weighted by Crippen LogP contribution is 2.33. The third-order valence-corrected chi connectivity index (χ3v) is 3.43. The minimum atomic E-state index is -0.759. The lowest BCUT2D eigenvalue weighted by Gasteiger charge is -2.34. The number of carboxylic acids is 1. The number of carbonyl (C=O) groups is 1. The number of piperidine rings is 1. The monoisotopic (exact) mass is 235 g/mol. The molecular formula is C13H17NO3. The molecule has 1 aliphatic rings. The molecule has 1 aromatic rings. The van der Waals surface area contributed by atoms with Gasteiger partial charge in [-0.15, -0.1) is 0 Å². The molecule has 4 nitrogen and oxygen atoms in total. The summed E-state index contributed by atoms with van der Waals surface area (Å²) in [6.45, 7) is 1.46. The molecule has 2 rings (SSSR count). The Labute approximate surface area is 100 Å². The molecule has 92 valence electrons. The van der Waals surface area contributed by atoms with Crippen LogP contribution in [-0.2, 0) is 4.79 Å². The first kappa shape index (κ1) is 11.9. The van der Waals surface area contributed by atoms with Crippen LogP contribution in [0.4, 0.5) is 0 Å². The summed E-state index contributed by atoms with van der Waals surface area (Å²) < 4.78 is 0. The Morgan fingerprint density at radius 3 is 2.88 bits per heavy atom. The van der Waals surface area contributed by atoms with Crippen LogP contribution in [0.1, 0.15) is 17.9 Å². The van der Waals surface area contributed by atoms with Crippen LogP contribution >= 0.6 is 0 Å². The van der Waals surface area contributed by atoms with Crippen molar-refractivity contribution in [3.63, 3.8) is 0 Å². The number of hydrogen-bond acceptors (Lipinski definition) is 3. The molecule has 0 radical (unpaired) electrons. The molecule has 1 saturated heterocycles. The lowest BCUT2D eigenvalue weighted by atomic mass is 9.80. The highest BCUT2D eigenvalue weighted by molar-refractivity contribution is 5.72. The molecule has 0 amide bonds. The molecule has 0 aromatic heterocycles. The van der Waals surface area contributed by atoms with Crippen molar-refractivity contribution in [2.45, 2.75) is 12.3 Å². The largest absolute Gasteiger partial charge is 0.508 e. The lowest BCUT2D eigenvalue weighted by Crippen LogP contribution is -2.40. The zero-order valence-corrected chi connectivity index (χ0v) is 9.84. The van der Waals surface area contributed by atoms with Crippen LogP contribution in [0.15, 0.2) is 24.3 Å². The van der Waals surface area contributed by atoms with Crippen LogP contribution in [0.3, 0.4) is 0 Å². The fourth-order valence-electron chi connectivity index (χ4n) is 2.52. The number of phenolic OH excluding ortho intramolecular Hbond substituents is 1. The maximum absolute atomic E-state index is 11.3. The standard InChI is InChI=1S/C13H17NO3/c1-14-6-5-11(12(8-14)13(16)17)9-3-2-4-10(15)7-9/h2-4,7,11-12,15H,5-6,8H2,1H3,(H,16,17). The summed E-state index contributed by atoms with van der Waals surface area (Å²) in [5, 5.41) is 18.7. The topological polar surface area (TPSA) is 60.8 Å². The van der Waals surface area contributed by atoms with E-state index in [1.807, 2.05) is 18.0 Å². The number of aliphatic carboxylic acids is 1. The van der Waals surface area contributed by atoms with Gasteiger partial charge in [0, 0.05) is 6.54 Å². The van der Waals surface area contributed by atoms with Gasteiger partial charge in [-0.2, -0.15) is 0 Å². The van der Waals surface area contributed by atoms with E-state index < -0.39 is 11.9 Å². The van der Waals surface area contributed by atoms with Crippen molar-refractivity contribution in [1.29, 1.82) is 0 Å². The first-order valence-corrected chi connectivity index (χ1v) is 5.78. The zero-order chi connectivity index (χ0) is 12.4. The summed E-state index contributed by atoms with van der Waals surface area (Å²) in [6, 6.07) is 6.94. The Hall–Kier alpha value is -1.55. The van der Waals surface area contributed by atoms with Crippen LogP contribution in [0.25, 0.3) is 0 Å². The van der Waals surface area contributed by atoms with Crippen LogP contribution < -0.4 is 0 Å². The van der Waals surface area contributed by atoms with E-state index in [4.69, 9.17) is 0 Å². The average Bonchev–Trinajstić information content (AvgIpc) is 2.28. The van der Waals surface area contributed by atoms with E-state index >= 15 is 0 Å². The van der Waals surface area contributed by atoms with E-state index in [0.29, 0.717) is 6.54 Å². The molecule has 17 heavy (non-hydrogen) atoms. The van der Waals surface area contributed by atoms with Crippen molar-refractivity contribution >= 4 is 5.97 Å². The van der Waals surface area contributed by atoms with Crippen LogP contribution in [-0.4, -0.2) is 41.2 Å². The Balaban J connectivity index is 2.26. The van der Waals surface area contributed by atoms with Gasteiger partial charge in [-0.1, -0.05) is 12.1 Å². The van der Waals surface area contributed by atoms with E-state index in [9.17, 15) is 15.0 Å². The van der Waals surface area contributed by atoms with Gasteiger partial charge in [0.25, 0.3) is 0 Å². The third-order valence-electron chi connectivity index (χ3n) is 3.43. The minimum Gasteiger partial charge on any atom is -0.508 e. The number of aromatic hydroxyl groups is 1. The Kier molecular flexibility index (Phi) is 3.33. The van der Waals surface area contributed by atoms with Crippen molar-refractivity contribution in [3.05, 3.63) is 29.8 Å². The van der Waals surface area contributed by atoms with Crippen molar-refractivity contribution in [2.75, 3.05) is 20.1 Å². The van der Waals surface area contributed by atoms with Gasteiger partial charge in [0.05, 0.1) is 5.92 Å². The summed E-state index contributed by atoms with van der Waals surface area (Å²) in [7, 11) is 1.94. The smallest absolute Gasteiger partial charge is 0.308 e. The van der Waals surface area contributed by atoms with Crippen molar-refractivity contribution < 1.29 is 15.0 Å². The first-order chi connectivity index (χ1) is 8.08. The number of phenols is 1. The third kappa shape index (κ3) is 2.58. The van der Waals surface area contributed by atoms with Gasteiger partial charge in [0.1, 0.15) is 5.75 Å². The Morgan fingerprint density at radius 2 is 2.24 bits per heavy atom. The van der Waals surface area contributed by atoms with Gasteiger partial charge in [0.15, 0.2) is 0 Å². The van der Waals surface area contributed by atoms with Crippen LogP contribution in [0, 0.1) is 5.92 Å². The number of nitrogens with zero attached hydrogens (tertiary/aromatic N) is 1. The molecule has 0 aliphatic carbocycles. The molecule has 1 fully saturated rings. The fourth-order valence-corrected chi connectivity index (χ4v) is 2.52. The zero-order valence-electron chi connectivity index (χ0n) is 9.84. The van der Waals surface area contributed by atoms with Crippen LogP contribution in [0.5, 0.6) is 5.75 Å². The second-order valence-electron chi connectivity index (χ2n) is 4.70. The summed E-state index contributed by atoms with van der Waals surface area (Å²) in [5.74, 6) is -0.957. The molecule has 0 bridgehead atoms. The molecule has 1 heterocycles. The SMILES string of the molecule is CN1CCC(c2cccc(O)c2)C(C(=O)O)C1. The minimum absolute atomic E-state index is 0.00389. The maximum atomic E-state index is 11.3. The normalized spacial score (nSPS) is 25.7. The van der Waals surface area contributed by atoms with E-state index in [1.165, 1.54) is 0 Å². The maximum Gasteiger partial charge on any atom is 0.308 e. The first-order valence-electron chi connectivity index (χ1n) is 5.78. The van der Waals surface area contributed by atoms with E-state index in [-0.39, 0.29) is 11.7 Å². The highest BCUT2D eigenvalue weighted by atomic mass is 16.4. The van der Waals surface area contributed by atoms with Gasteiger partial charge >= 0.3 is 5.97 Å². The fraction of sp³-hybridized carbons (Fsp3) is 0.462. The molecule has 1 aromatic carbocycles. The van der Waals surface area contributed by atoms with Gasteiger partial charge in [0.2, 0.25) is 0 Å². The molecule has 0 saturated carbocycles. The Morgan fingerprint density at radius 1 is 1.47 bits per heavy atom. The predicted molar refractivity (Wildman–Crippen MR) is 64.1 cm³/mol. The predicted octanol–water partition coefficient (Wildman–Crippen LogP) is 1.51. The molecule has 0 spiro atoms. The van der Waals surface area contributed by atoms with Crippen molar-refractivity contribution in [1.82, 2.24) is 4.90 Å². The van der Waals surface area contributed by atoms with E-state index in [2.05, 4.69) is 0 Å². The number of hydrogen-bond donors (Lipinski definition) is 2. The average molecular weight is 235 g/mol. The lowest BCUT2D eigenvalue weighted by molar-refractivity contribution is -0.144. The molecule has 2 unspecified atom stereocenters. The second kappa shape index (κ2) is 4.75. The van der Waals surface area contributed by atoms with Crippen molar-refractivity contribution in [3.8, 4) is 5.75 Å². The number of carboxylic acid groups (broad SMARTS) is 1. The highest BCUT2D eigenvalue weighted by Gasteiger charge is 2.34. The van der Waals surface area contributed by atoms with E-state index in [0.717, 1.165) is 18.5 Å². The summed E-state index contributed by atoms with van der Waals surface area (Å²) in [6.07, 6.45) is 0.816. The number of benzene rings is 1. The summed E-state index contributed by atoms with van der Waals surface area (Å²) in [4.78, 5) is 13.3.